The summed E-state index contributed by atoms with van der Waals surface area (Å²) >= 11 is 0. The van der Waals surface area contributed by atoms with Gasteiger partial charge < -0.3 is 13.6 Å². The Morgan fingerprint density at radius 2 is 1.15 bits per heavy atom. The first-order valence-electron chi connectivity index (χ1n) is 7.57. The van der Waals surface area contributed by atoms with E-state index in [4.69, 9.17) is 13.6 Å². The molecule has 0 fully saturated rings. The molecule has 3 aromatic carbocycles. The number of hydrogen-bond acceptors (Lipinski definition) is 6. The molecule has 0 N–H and O–H groups in total. The molecular weight excluding hydrogens is 357 g/mol. The first kappa shape index (κ1) is 17.5. The Morgan fingerprint density at radius 3 is 1.65 bits per heavy atom. The maximum Gasteiger partial charge on any atom is 0.647 e. The normalized spacial score (nSPS) is 10.8. The minimum absolute atomic E-state index is 0.00519. The Bertz CT molecular complexity index is 887. The molecule has 0 bridgehead atoms. The van der Waals surface area contributed by atoms with Crippen molar-refractivity contribution in [1.29, 1.82) is 0 Å². The van der Waals surface area contributed by atoms with E-state index in [9.17, 15) is 14.7 Å². The summed E-state index contributed by atoms with van der Waals surface area (Å²) in [6.07, 6.45) is 0. The average molecular weight is 371 g/mol. The summed E-state index contributed by atoms with van der Waals surface area (Å²) < 4.78 is 29.5. The number of benzene rings is 3. The van der Waals surface area contributed by atoms with Crippen molar-refractivity contribution in [2.45, 2.75) is 0 Å². The standard InChI is InChI=1S/C18H14NO6P/c20-19(21)15-8-7-13-18(14-15)25-26(22,23-16-9-3-1-4-10-16)24-17-11-5-2-6-12-17/h1-14H. The molecule has 0 aromatic heterocycles. The van der Waals surface area contributed by atoms with Crippen molar-refractivity contribution in [2.75, 3.05) is 0 Å². The summed E-state index contributed by atoms with van der Waals surface area (Å²) in [5.74, 6) is 0.545. The number of nitro groups is 1. The van der Waals surface area contributed by atoms with E-state index >= 15 is 0 Å². The van der Waals surface area contributed by atoms with E-state index < -0.39 is 12.7 Å². The lowest BCUT2D eigenvalue weighted by Gasteiger charge is -2.19. The van der Waals surface area contributed by atoms with E-state index in [0.29, 0.717) is 0 Å². The molecule has 8 heteroatoms. The van der Waals surface area contributed by atoms with Crippen LogP contribution in [0.2, 0.25) is 0 Å². The van der Waals surface area contributed by atoms with Gasteiger partial charge >= 0.3 is 7.82 Å². The lowest BCUT2D eigenvalue weighted by Crippen LogP contribution is -2.07. The fraction of sp³-hybridized carbons (Fsp3) is 0. The van der Waals surface area contributed by atoms with Crippen LogP contribution >= 0.6 is 7.82 Å². The monoisotopic (exact) mass is 371 g/mol. The quantitative estimate of drug-likeness (QED) is 0.321. The molecule has 0 radical (unpaired) electrons. The highest BCUT2D eigenvalue weighted by molar-refractivity contribution is 7.49. The highest BCUT2D eigenvalue weighted by Gasteiger charge is 2.33. The number of non-ortho nitro benzene ring substituents is 1. The van der Waals surface area contributed by atoms with Crippen molar-refractivity contribution in [1.82, 2.24) is 0 Å². The number of rotatable bonds is 7. The van der Waals surface area contributed by atoms with Crippen molar-refractivity contribution in [3.8, 4) is 17.2 Å². The zero-order chi connectivity index (χ0) is 18.4. The van der Waals surface area contributed by atoms with Gasteiger partial charge in [-0.15, -0.1) is 0 Å². The van der Waals surface area contributed by atoms with Gasteiger partial charge in [-0.25, -0.2) is 0 Å². The molecule has 0 spiro atoms. The van der Waals surface area contributed by atoms with Crippen LogP contribution in [-0.2, 0) is 4.57 Å². The molecule has 26 heavy (non-hydrogen) atoms. The van der Waals surface area contributed by atoms with Gasteiger partial charge in [0.05, 0.1) is 11.0 Å². The minimum atomic E-state index is -4.16. The van der Waals surface area contributed by atoms with Crippen molar-refractivity contribution >= 4 is 13.5 Å². The van der Waals surface area contributed by atoms with E-state index in [1.165, 1.54) is 18.2 Å². The van der Waals surface area contributed by atoms with Crippen LogP contribution in [0.25, 0.3) is 0 Å². The molecule has 0 amide bonds. The predicted octanol–water partition coefficient (Wildman–Crippen LogP) is 5.24. The molecule has 0 aliphatic rings. The van der Waals surface area contributed by atoms with E-state index in [1.807, 2.05) is 0 Å². The largest absolute Gasteiger partial charge is 0.647 e. The van der Waals surface area contributed by atoms with Gasteiger partial charge in [-0.1, -0.05) is 42.5 Å². The van der Waals surface area contributed by atoms with Crippen LogP contribution < -0.4 is 13.6 Å². The molecule has 0 heterocycles. The molecular formula is C18H14NO6P. The lowest BCUT2D eigenvalue weighted by molar-refractivity contribution is -0.384. The zero-order valence-electron chi connectivity index (χ0n) is 13.4. The zero-order valence-corrected chi connectivity index (χ0v) is 14.3. The highest BCUT2D eigenvalue weighted by atomic mass is 31.2. The van der Waals surface area contributed by atoms with Crippen LogP contribution in [0.1, 0.15) is 0 Å². The fourth-order valence-electron chi connectivity index (χ4n) is 2.06. The molecule has 132 valence electrons. The van der Waals surface area contributed by atoms with Crippen LogP contribution in [0.3, 0.4) is 0 Å². The minimum Gasteiger partial charge on any atom is -0.386 e. The molecule has 3 aromatic rings. The molecule has 0 aliphatic heterocycles. The summed E-state index contributed by atoms with van der Waals surface area (Å²) in [4.78, 5) is 10.3. The second-order valence-corrected chi connectivity index (χ2v) is 6.54. The van der Waals surface area contributed by atoms with Gasteiger partial charge in [0.1, 0.15) is 17.2 Å². The van der Waals surface area contributed by atoms with Crippen LogP contribution in [0.4, 0.5) is 5.69 Å². The van der Waals surface area contributed by atoms with Crippen molar-refractivity contribution < 1.29 is 23.1 Å². The highest BCUT2D eigenvalue weighted by Crippen LogP contribution is 2.49. The van der Waals surface area contributed by atoms with Gasteiger partial charge in [-0.3, -0.25) is 10.1 Å². The molecule has 0 aliphatic carbocycles. The van der Waals surface area contributed by atoms with E-state index in [0.717, 1.165) is 6.07 Å². The van der Waals surface area contributed by atoms with Crippen molar-refractivity contribution in [2.24, 2.45) is 0 Å². The Hall–Kier alpha value is -3.31. The van der Waals surface area contributed by atoms with E-state index in [1.54, 1.807) is 60.7 Å². The van der Waals surface area contributed by atoms with E-state index in [-0.39, 0.29) is 22.9 Å². The molecule has 3 rings (SSSR count). The van der Waals surface area contributed by atoms with Crippen LogP contribution in [0, 0.1) is 10.1 Å². The number of para-hydroxylation sites is 2. The average Bonchev–Trinajstić information content (AvgIpc) is 2.63. The van der Waals surface area contributed by atoms with Gasteiger partial charge in [0.2, 0.25) is 0 Å². The lowest BCUT2D eigenvalue weighted by atomic mass is 10.3. The van der Waals surface area contributed by atoms with Gasteiger partial charge in [0.15, 0.2) is 0 Å². The third kappa shape index (κ3) is 4.62. The van der Waals surface area contributed by atoms with E-state index in [2.05, 4.69) is 0 Å². The topological polar surface area (TPSA) is 87.9 Å². The van der Waals surface area contributed by atoms with Gasteiger partial charge in [0, 0.05) is 6.07 Å². The van der Waals surface area contributed by atoms with Gasteiger partial charge in [0.25, 0.3) is 5.69 Å². The predicted molar refractivity (Wildman–Crippen MR) is 95.5 cm³/mol. The SMILES string of the molecule is O=[N+]([O-])c1cccc(OP(=O)(Oc2ccccc2)Oc2ccccc2)c1. The number of phosphoric acid groups is 1. The Balaban J connectivity index is 1.90. The molecule has 0 unspecified atom stereocenters. The summed E-state index contributed by atoms with van der Waals surface area (Å²) in [7, 11) is -4.16. The maximum absolute atomic E-state index is 13.2. The second-order valence-electron chi connectivity index (χ2n) is 5.10. The second kappa shape index (κ2) is 7.72. The maximum atomic E-state index is 13.2. The first-order chi connectivity index (χ1) is 12.5. The summed E-state index contributed by atoms with van der Waals surface area (Å²) in [5.41, 5.74) is -0.200. The summed E-state index contributed by atoms with van der Waals surface area (Å²) in [6.45, 7) is 0. The smallest absolute Gasteiger partial charge is 0.386 e. The van der Waals surface area contributed by atoms with Crippen LogP contribution in [0.5, 0.6) is 17.2 Å². The van der Waals surface area contributed by atoms with Gasteiger partial charge in [-0.2, -0.15) is 4.57 Å². The van der Waals surface area contributed by atoms with Crippen LogP contribution in [0.15, 0.2) is 84.9 Å². The van der Waals surface area contributed by atoms with Crippen molar-refractivity contribution in [3.63, 3.8) is 0 Å². The Labute approximate surface area is 149 Å². The molecule has 0 atom stereocenters. The molecule has 7 nitrogen and oxygen atoms in total. The summed E-state index contributed by atoms with van der Waals surface area (Å²) in [6, 6.07) is 22.0. The third-order valence-electron chi connectivity index (χ3n) is 3.17. The third-order valence-corrected chi connectivity index (χ3v) is 4.47. The Morgan fingerprint density at radius 1 is 0.692 bits per heavy atom. The van der Waals surface area contributed by atoms with Crippen molar-refractivity contribution in [3.05, 3.63) is 95.0 Å². The first-order valence-corrected chi connectivity index (χ1v) is 9.03. The number of nitrogens with zero attached hydrogens (tertiary/aromatic N) is 1. The van der Waals surface area contributed by atoms with Gasteiger partial charge in [-0.05, 0) is 30.3 Å². The summed E-state index contributed by atoms with van der Waals surface area (Å²) in [5, 5.41) is 10.9. The number of hydrogen-bond donors (Lipinski definition) is 0. The molecule has 0 saturated carbocycles. The fourth-order valence-corrected chi connectivity index (χ4v) is 3.30. The van der Waals surface area contributed by atoms with Crippen LogP contribution in [-0.4, -0.2) is 4.92 Å². The Kier molecular flexibility index (Phi) is 5.20. The number of phosphoric ester groups is 1. The molecule has 0 saturated heterocycles. The number of nitro benzene ring substituents is 1.